The van der Waals surface area contributed by atoms with Gasteiger partial charge >= 0.3 is 0 Å². The van der Waals surface area contributed by atoms with E-state index in [0.717, 1.165) is 55.5 Å². The molecule has 0 aliphatic carbocycles. The molecule has 0 saturated carbocycles. The molecule has 2 aliphatic rings. The fourth-order valence-electron chi connectivity index (χ4n) is 6.91. The monoisotopic (exact) mass is 582 g/mol. The smallest absolute Gasteiger partial charge is 0.253 e. The van der Waals surface area contributed by atoms with Crippen LogP contribution < -0.4 is 5.32 Å². The number of carbonyl (C=O) groups excluding carboxylic acids is 2. The predicted octanol–water partition coefficient (Wildman–Crippen LogP) is 6.21. The minimum Gasteiger partial charge on any atom is -0.348 e. The van der Waals surface area contributed by atoms with Crippen LogP contribution in [0.15, 0.2) is 79.0 Å². The first-order chi connectivity index (χ1) is 20.5. The Hall–Kier alpha value is -3.45. The normalized spacial score (nSPS) is 18.9. The summed E-state index contributed by atoms with van der Waals surface area (Å²) in [6.07, 6.45) is 6.36. The van der Waals surface area contributed by atoms with Crippen molar-refractivity contribution in [3.63, 3.8) is 0 Å². The van der Waals surface area contributed by atoms with Crippen molar-refractivity contribution in [3.8, 4) is 0 Å². The minimum absolute atomic E-state index is 0.0302. The van der Waals surface area contributed by atoms with E-state index >= 15 is 0 Å². The Morgan fingerprint density at radius 3 is 2.43 bits per heavy atom. The van der Waals surface area contributed by atoms with Gasteiger partial charge in [0.25, 0.3) is 5.91 Å². The Balaban J connectivity index is 1.09. The Labute approximate surface area is 253 Å². The molecule has 2 fully saturated rings. The Bertz CT molecular complexity index is 1550. The number of hydrogen-bond acceptors (Lipinski definition) is 4. The molecule has 2 saturated heterocycles. The zero-order valence-corrected chi connectivity index (χ0v) is 25.0. The van der Waals surface area contributed by atoms with Crippen molar-refractivity contribution in [3.05, 3.63) is 106 Å². The van der Waals surface area contributed by atoms with Crippen LogP contribution in [0.25, 0.3) is 10.9 Å². The summed E-state index contributed by atoms with van der Waals surface area (Å²) in [5, 5.41) is 4.75. The van der Waals surface area contributed by atoms with E-state index < -0.39 is 0 Å². The number of likely N-dealkylation sites (tertiary alicyclic amines) is 1. The number of para-hydroxylation sites is 1. The highest BCUT2D eigenvalue weighted by Crippen LogP contribution is 2.31. The van der Waals surface area contributed by atoms with E-state index in [1.54, 1.807) is 12.1 Å². The number of halogens is 1. The van der Waals surface area contributed by atoms with Crippen LogP contribution in [-0.4, -0.2) is 64.3 Å². The topological polar surface area (TPSA) is 57.6 Å². The summed E-state index contributed by atoms with van der Waals surface area (Å²) in [4.78, 5) is 31.2. The average Bonchev–Trinajstić information content (AvgIpc) is 3.49. The lowest BCUT2D eigenvalue weighted by atomic mass is 10.1. The maximum atomic E-state index is 13.3. The molecule has 42 heavy (non-hydrogen) atoms. The summed E-state index contributed by atoms with van der Waals surface area (Å²) in [5.41, 5.74) is 4.97. The van der Waals surface area contributed by atoms with Gasteiger partial charge in [-0.3, -0.25) is 19.4 Å². The van der Waals surface area contributed by atoms with Gasteiger partial charge < -0.3 is 9.88 Å². The van der Waals surface area contributed by atoms with Crippen molar-refractivity contribution in [1.29, 1.82) is 0 Å². The lowest BCUT2D eigenvalue weighted by Crippen LogP contribution is -2.54. The molecule has 218 valence electrons. The van der Waals surface area contributed by atoms with E-state index in [2.05, 4.69) is 51.0 Å². The molecular weight excluding hydrogens is 544 g/mol. The molecular formula is C35H39ClN4O2. The number of rotatable bonds is 11. The molecule has 3 heterocycles. The van der Waals surface area contributed by atoms with Gasteiger partial charge in [-0.1, -0.05) is 79.2 Å². The van der Waals surface area contributed by atoms with Crippen LogP contribution in [0.3, 0.4) is 0 Å². The number of hydrogen-bond donors (Lipinski definition) is 1. The fraction of sp³-hybridized carbons (Fsp3) is 0.371. The lowest BCUT2D eigenvalue weighted by Gasteiger charge is -2.41. The van der Waals surface area contributed by atoms with E-state index in [1.165, 1.54) is 23.9 Å². The van der Waals surface area contributed by atoms with Crippen molar-refractivity contribution in [2.75, 3.05) is 26.2 Å². The van der Waals surface area contributed by atoms with Crippen LogP contribution >= 0.6 is 11.6 Å². The number of nitrogens with zero attached hydrogens (tertiary/aromatic N) is 3. The van der Waals surface area contributed by atoms with Crippen LogP contribution in [0.4, 0.5) is 0 Å². The highest BCUT2D eigenvalue weighted by Gasteiger charge is 2.39. The number of ketones is 1. The zero-order valence-electron chi connectivity index (χ0n) is 24.3. The molecule has 3 aromatic carbocycles. The maximum Gasteiger partial charge on any atom is 0.253 e. The lowest BCUT2D eigenvalue weighted by molar-refractivity contribution is 0.0588. The number of nitrogens with one attached hydrogen (secondary N) is 1. The zero-order chi connectivity index (χ0) is 29.1. The second-order valence-corrected chi connectivity index (χ2v) is 12.1. The van der Waals surface area contributed by atoms with E-state index in [-0.39, 0.29) is 11.7 Å². The molecule has 0 radical (unpaired) electrons. The molecule has 1 amide bonds. The van der Waals surface area contributed by atoms with Crippen molar-refractivity contribution < 1.29 is 9.59 Å². The van der Waals surface area contributed by atoms with Crippen LogP contribution in [0.5, 0.6) is 0 Å². The van der Waals surface area contributed by atoms with Gasteiger partial charge in [-0.2, -0.15) is 0 Å². The summed E-state index contributed by atoms with van der Waals surface area (Å²) >= 11 is 6.11. The van der Waals surface area contributed by atoms with Gasteiger partial charge in [0.05, 0.1) is 17.6 Å². The molecule has 2 aliphatic heterocycles. The van der Waals surface area contributed by atoms with Crippen molar-refractivity contribution in [2.45, 2.75) is 57.8 Å². The highest BCUT2D eigenvalue weighted by atomic mass is 35.5. The second kappa shape index (κ2) is 12.8. The third-order valence-corrected chi connectivity index (χ3v) is 9.18. The van der Waals surface area contributed by atoms with Gasteiger partial charge in [-0.05, 0) is 48.9 Å². The first-order valence-electron chi connectivity index (χ1n) is 15.2. The predicted molar refractivity (Wildman–Crippen MR) is 169 cm³/mol. The third kappa shape index (κ3) is 6.17. The van der Waals surface area contributed by atoms with Gasteiger partial charge in [0, 0.05) is 67.0 Å². The number of fused-ring (bicyclic) bond motifs is 3. The number of aryl methyl sites for hydroxylation is 2. The number of amides is 1. The molecule has 0 spiro atoms. The Kier molecular flexibility index (Phi) is 8.75. The summed E-state index contributed by atoms with van der Waals surface area (Å²) in [5.74, 6) is 0.109. The van der Waals surface area contributed by atoms with Gasteiger partial charge in [0.2, 0.25) is 0 Å². The number of piperazine rings is 1. The van der Waals surface area contributed by atoms with Gasteiger partial charge in [0.15, 0.2) is 5.78 Å². The molecule has 6 rings (SSSR count). The first-order valence-corrected chi connectivity index (χ1v) is 15.6. The quantitative estimate of drug-likeness (QED) is 0.214. The summed E-state index contributed by atoms with van der Waals surface area (Å²) < 4.78 is 2.30. The fourth-order valence-corrected chi connectivity index (χ4v) is 7.10. The van der Waals surface area contributed by atoms with E-state index in [0.29, 0.717) is 35.8 Å². The van der Waals surface area contributed by atoms with Crippen molar-refractivity contribution in [1.82, 2.24) is 19.7 Å². The van der Waals surface area contributed by atoms with Gasteiger partial charge in [-0.15, -0.1) is 0 Å². The number of Topliss-reactive ketones (excluding diaryl/α,β-unsaturated/α-hetero) is 1. The molecule has 2 bridgehead atoms. The molecule has 2 atom stereocenters. The van der Waals surface area contributed by atoms with Crippen LogP contribution in [0.1, 0.15) is 58.0 Å². The largest absolute Gasteiger partial charge is 0.348 e. The standard InChI is InChI=1S/C35H39ClN4O2/c1-2-26-11-7-14-31-32(35(42)37-20-25-9-4-3-5-10-25)23-39(34(26)31)17-8-18-40-29-15-16-30(40)22-38(21-29)24-33(41)27-12-6-13-28(36)19-27/h3-7,9-14,19,23,29-30H,2,8,15-18,20-22,24H2,1H3,(H,37,42)/t29-,30?/m1/s1. The van der Waals surface area contributed by atoms with Crippen molar-refractivity contribution >= 4 is 34.2 Å². The van der Waals surface area contributed by atoms with Crippen molar-refractivity contribution in [2.24, 2.45) is 0 Å². The number of aromatic nitrogens is 1. The maximum absolute atomic E-state index is 13.3. The number of benzene rings is 3. The van der Waals surface area contributed by atoms with Crippen LogP contribution in [0, 0.1) is 0 Å². The molecule has 1 unspecified atom stereocenters. The minimum atomic E-state index is -0.0302. The molecule has 6 nitrogen and oxygen atoms in total. The van der Waals surface area contributed by atoms with Crippen LogP contribution in [0.2, 0.25) is 5.02 Å². The van der Waals surface area contributed by atoms with E-state index in [9.17, 15) is 9.59 Å². The molecule has 1 aromatic heterocycles. The first kappa shape index (κ1) is 28.7. The molecule has 1 N–H and O–H groups in total. The van der Waals surface area contributed by atoms with E-state index in [1.807, 2.05) is 42.5 Å². The van der Waals surface area contributed by atoms with Gasteiger partial charge in [0.1, 0.15) is 0 Å². The Morgan fingerprint density at radius 2 is 1.69 bits per heavy atom. The van der Waals surface area contributed by atoms with Crippen LogP contribution in [-0.2, 0) is 19.5 Å². The SMILES string of the molecule is CCc1cccc2c(C(=O)NCc3ccccc3)cn(CCCN3C4CC[C@@H]3CN(CC(=O)c3cccc(Cl)c3)C4)c12. The Morgan fingerprint density at radius 1 is 0.929 bits per heavy atom. The van der Waals surface area contributed by atoms with Gasteiger partial charge in [-0.25, -0.2) is 0 Å². The molecule has 7 heteroatoms. The third-order valence-electron chi connectivity index (χ3n) is 8.94. The summed E-state index contributed by atoms with van der Waals surface area (Å²) in [7, 11) is 0. The molecule has 4 aromatic rings. The number of carbonyl (C=O) groups is 2. The highest BCUT2D eigenvalue weighted by molar-refractivity contribution is 6.31. The summed E-state index contributed by atoms with van der Waals surface area (Å²) in [6, 6.07) is 24.6. The average molecular weight is 583 g/mol. The second-order valence-electron chi connectivity index (χ2n) is 11.7. The summed E-state index contributed by atoms with van der Waals surface area (Å²) in [6.45, 7) is 6.89. The van der Waals surface area contributed by atoms with E-state index in [4.69, 9.17) is 11.6 Å².